The quantitative estimate of drug-likeness (QED) is 0.390. The number of para-hydroxylation sites is 1. The van der Waals surface area contributed by atoms with E-state index in [0.717, 1.165) is 22.7 Å². The van der Waals surface area contributed by atoms with Crippen molar-refractivity contribution < 1.29 is 9.72 Å². The molecule has 114 valence electrons. The van der Waals surface area contributed by atoms with Crippen LogP contribution in [0.1, 0.15) is 10.4 Å². The fourth-order valence-corrected chi connectivity index (χ4v) is 3.14. The molecule has 0 bridgehead atoms. The number of nitrogens with zero attached hydrogens (tertiary/aromatic N) is 2. The summed E-state index contributed by atoms with van der Waals surface area (Å²) in [6.45, 7) is 0. The second kappa shape index (κ2) is 6.36. The molecular weight excluding hydrogens is 336 g/mol. The van der Waals surface area contributed by atoms with Gasteiger partial charge in [0.15, 0.2) is 0 Å². The van der Waals surface area contributed by atoms with E-state index < -0.39 is 4.92 Å². The van der Waals surface area contributed by atoms with Crippen molar-refractivity contribution in [2.45, 2.75) is 4.90 Å². The summed E-state index contributed by atoms with van der Waals surface area (Å²) >= 11 is 6.75. The van der Waals surface area contributed by atoms with Crippen molar-refractivity contribution >= 4 is 45.1 Å². The van der Waals surface area contributed by atoms with Gasteiger partial charge in [0, 0.05) is 28.1 Å². The predicted octanol–water partition coefficient (Wildman–Crippen LogP) is 4.73. The lowest BCUT2D eigenvalue weighted by atomic mass is 10.2. The molecule has 1 aromatic heterocycles. The number of rotatable bonds is 3. The van der Waals surface area contributed by atoms with Crippen molar-refractivity contribution in [3.05, 3.63) is 75.4 Å². The molecule has 0 saturated heterocycles. The Morgan fingerprint density at radius 3 is 2.74 bits per heavy atom. The van der Waals surface area contributed by atoms with Crippen LogP contribution in [0.25, 0.3) is 10.9 Å². The number of fused-ring (bicyclic) bond motifs is 1. The van der Waals surface area contributed by atoms with Crippen molar-refractivity contribution in [2.75, 3.05) is 0 Å². The minimum absolute atomic E-state index is 0.00313. The first-order valence-corrected chi connectivity index (χ1v) is 7.75. The van der Waals surface area contributed by atoms with Crippen LogP contribution in [0.3, 0.4) is 0 Å². The lowest BCUT2D eigenvalue weighted by Gasteiger charge is -2.05. The van der Waals surface area contributed by atoms with Gasteiger partial charge < -0.3 is 0 Å². The molecule has 0 aliphatic heterocycles. The molecule has 0 aliphatic rings. The summed E-state index contributed by atoms with van der Waals surface area (Å²) in [5.41, 5.74) is 0.657. The van der Waals surface area contributed by atoms with E-state index >= 15 is 0 Å². The standard InChI is InChI=1S/C16H9ClN2O3S/c17-12-7-6-11(9-13(12)19(21)22)16(20)23-14-5-1-3-10-4-2-8-18-15(10)14/h1-9H. The number of nitro groups is 1. The normalized spacial score (nSPS) is 10.7. The Bertz CT molecular complexity index is 925. The number of hydrogen-bond acceptors (Lipinski definition) is 5. The third-order valence-electron chi connectivity index (χ3n) is 3.18. The van der Waals surface area contributed by atoms with E-state index in [1.165, 1.54) is 18.2 Å². The number of carbonyl (C=O) groups is 1. The van der Waals surface area contributed by atoms with Crippen molar-refractivity contribution in [1.29, 1.82) is 0 Å². The van der Waals surface area contributed by atoms with E-state index in [9.17, 15) is 14.9 Å². The topological polar surface area (TPSA) is 73.1 Å². The summed E-state index contributed by atoms with van der Waals surface area (Å²) in [6, 6.07) is 13.3. The Morgan fingerprint density at radius 2 is 1.96 bits per heavy atom. The summed E-state index contributed by atoms with van der Waals surface area (Å²) in [7, 11) is 0. The van der Waals surface area contributed by atoms with Gasteiger partial charge in [0.2, 0.25) is 5.12 Å². The highest BCUT2D eigenvalue weighted by Gasteiger charge is 2.17. The highest BCUT2D eigenvalue weighted by atomic mass is 35.5. The third-order valence-corrected chi connectivity index (χ3v) is 4.47. The number of pyridine rings is 1. The van der Waals surface area contributed by atoms with E-state index in [0.29, 0.717) is 4.90 Å². The fourth-order valence-electron chi connectivity index (χ4n) is 2.10. The minimum Gasteiger partial charge on any atom is -0.281 e. The molecule has 0 unspecified atom stereocenters. The van der Waals surface area contributed by atoms with Crippen LogP contribution in [0.5, 0.6) is 0 Å². The van der Waals surface area contributed by atoms with E-state index in [2.05, 4.69) is 4.98 Å². The van der Waals surface area contributed by atoms with Crippen LogP contribution in [-0.4, -0.2) is 15.0 Å². The lowest BCUT2D eigenvalue weighted by Crippen LogP contribution is -1.97. The van der Waals surface area contributed by atoms with Gasteiger partial charge in [0.05, 0.1) is 10.4 Å². The summed E-state index contributed by atoms with van der Waals surface area (Å²) < 4.78 is 0. The maximum Gasteiger partial charge on any atom is 0.288 e. The maximum atomic E-state index is 12.4. The number of benzene rings is 2. The molecular formula is C16H9ClN2O3S. The predicted molar refractivity (Wildman–Crippen MR) is 90.0 cm³/mol. The van der Waals surface area contributed by atoms with Crippen LogP contribution in [0, 0.1) is 10.1 Å². The molecule has 0 N–H and O–H groups in total. The zero-order chi connectivity index (χ0) is 16.4. The van der Waals surface area contributed by atoms with Crippen LogP contribution >= 0.6 is 23.4 Å². The number of hydrogen-bond donors (Lipinski definition) is 0. The largest absolute Gasteiger partial charge is 0.288 e. The Labute approximate surface area is 140 Å². The van der Waals surface area contributed by atoms with Gasteiger partial charge in [-0.3, -0.25) is 19.9 Å². The van der Waals surface area contributed by atoms with E-state index in [1.807, 2.05) is 24.3 Å². The average molecular weight is 345 g/mol. The molecule has 0 fully saturated rings. The number of nitro benzene ring substituents is 1. The van der Waals surface area contributed by atoms with Gasteiger partial charge in [-0.1, -0.05) is 29.8 Å². The van der Waals surface area contributed by atoms with Crippen molar-refractivity contribution in [2.24, 2.45) is 0 Å². The SMILES string of the molecule is O=C(Sc1cccc2cccnc12)c1ccc(Cl)c([N+](=O)[O-])c1. The van der Waals surface area contributed by atoms with E-state index in [-0.39, 0.29) is 21.4 Å². The second-order valence-electron chi connectivity index (χ2n) is 4.64. The molecule has 3 rings (SSSR count). The van der Waals surface area contributed by atoms with Gasteiger partial charge in [0.1, 0.15) is 5.02 Å². The number of halogens is 1. The van der Waals surface area contributed by atoms with Crippen LogP contribution in [0.15, 0.2) is 59.6 Å². The van der Waals surface area contributed by atoms with E-state index in [1.54, 1.807) is 12.3 Å². The molecule has 7 heteroatoms. The molecule has 0 aliphatic carbocycles. The molecule has 3 aromatic rings. The summed E-state index contributed by atoms with van der Waals surface area (Å²) in [4.78, 5) is 27.7. The summed E-state index contributed by atoms with van der Waals surface area (Å²) in [6.07, 6.45) is 1.66. The van der Waals surface area contributed by atoms with Gasteiger partial charge in [0.25, 0.3) is 5.69 Å². The number of carbonyl (C=O) groups excluding carboxylic acids is 1. The number of thioether (sulfide) groups is 1. The Balaban J connectivity index is 1.95. The van der Waals surface area contributed by atoms with Gasteiger partial charge in [-0.15, -0.1) is 0 Å². The zero-order valence-corrected chi connectivity index (χ0v) is 13.2. The Kier molecular flexibility index (Phi) is 4.27. The van der Waals surface area contributed by atoms with Crippen molar-refractivity contribution in [3.63, 3.8) is 0 Å². The van der Waals surface area contributed by atoms with Crippen LogP contribution in [-0.2, 0) is 0 Å². The second-order valence-corrected chi connectivity index (χ2v) is 6.07. The molecule has 0 saturated carbocycles. The molecule has 2 aromatic carbocycles. The number of aromatic nitrogens is 1. The highest BCUT2D eigenvalue weighted by Crippen LogP contribution is 2.31. The first kappa shape index (κ1) is 15.5. The molecule has 1 heterocycles. The van der Waals surface area contributed by atoms with Gasteiger partial charge >= 0.3 is 0 Å². The first-order valence-electron chi connectivity index (χ1n) is 6.56. The smallest absolute Gasteiger partial charge is 0.281 e. The van der Waals surface area contributed by atoms with Crippen LogP contribution in [0.2, 0.25) is 5.02 Å². The monoisotopic (exact) mass is 344 g/mol. The summed E-state index contributed by atoms with van der Waals surface area (Å²) in [5, 5.41) is 11.5. The van der Waals surface area contributed by atoms with E-state index in [4.69, 9.17) is 11.6 Å². The lowest BCUT2D eigenvalue weighted by molar-refractivity contribution is -0.384. The van der Waals surface area contributed by atoms with Crippen LogP contribution < -0.4 is 0 Å². The van der Waals surface area contributed by atoms with Crippen molar-refractivity contribution in [3.8, 4) is 0 Å². The van der Waals surface area contributed by atoms with Crippen molar-refractivity contribution in [1.82, 2.24) is 4.98 Å². The molecule has 0 spiro atoms. The summed E-state index contributed by atoms with van der Waals surface area (Å²) in [5.74, 6) is 0. The van der Waals surface area contributed by atoms with Gasteiger partial charge in [-0.25, -0.2) is 0 Å². The molecule has 23 heavy (non-hydrogen) atoms. The zero-order valence-electron chi connectivity index (χ0n) is 11.6. The first-order chi connectivity index (χ1) is 11.1. The Hall–Kier alpha value is -2.44. The van der Waals surface area contributed by atoms with Crippen LogP contribution in [0.4, 0.5) is 5.69 Å². The molecule has 0 amide bonds. The highest BCUT2D eigenvalue weighted by molar-refractivity contribution is 8.14. The van der Waals surface area contributed by atoms with Gasteiger partial charge in [-0.2, -0.15) is 0 Å². The molecule has 0 atom stereocenters. The average Bonchev–Trinajstić information content (AvgIpc) is 2.55. The third kappa shape index (κ3) is 3.18. The van der Waals surface area contributed by atoms with Gasteiger partial charge in [-0.05, 0) is 36.0 Å². The molecule has 5 nitrogen and oxygen atoms in total. The maximum absolute atomic E-state index is 12.4. The minimum atomic E-state index is -0.608. The fraction of sp³-hybridized carbons (Fsp3) is 0. The molecule has 0 radical (unpaired) electrons. The Morgan fingerprint density at radius 1 is 1.17 bits per heavy atom.